The Morgan fingerprint density at radius 2 is 1.69 bits per heavy atom. The van der Waals surface area contributed by atoms with Crippen molar-refractivity contribution in [3.05, 3.63) is 70.9 Å². The summed E-state index contributed by atoms with van der Waals surface area (Å²) in [4.78, 5) is 0. The van der Waals surface area contributed by atoms with Gasteiger partial charge in [-0.2, -0.15) is 5.10 Å². The van der Waals surface area contributed by atoms with Crippen molar-refractivity contribution in [2.75, 3.05) is 0 Å². The third-order valence-corrected chi connectivity index (χ3v) is 4.63. The number of alkyl halides is 2. The predicted molar refractivity (Wildman–Crippen MR) is 95.8 cm³/mol. The molecule has 0 aliphatic carbocycles. The summed E-state index contributed by atoms with van der Waals surface area (Å²) in [5, 5.41) is 9.53. The topological polar surface area (TPSA) is 78.0 Å². The van der Waals surface area contributed by atoms with E-state index in [0.717, 1.165) is 0 Å². The lowest BCUT2D eigenvalue weighted by Crippen LogP contribution is -2.14. The lowest BCUT2D eigenvalue weighted by atomic mass is 10.1. The van der Waals surface area contributed by atoms with Crippen LogP contribution in [0.15, 0.2) is 54.6 Å². The molecule has 0 bridgehead atoms. The average Bonchev–Trinajstić information content (AvgIpc) is 3.00. The van der Waals surface area contributed by atoms with Crippen LogP contribution >= 0.6 is 11.6 Å². The first-order chi connectivity index (χ1) is 12.2. The number of primary sulfonamides is 1. The van der Waals surface area contributed by atoms with Crippen molar-refractivity contribution >= 4 is 21.6 Å². The molecule has 1 aromatic heterocycles. The molecule has 9 heteroatoms. The molecule has 0 saturated heterocycles. The van der Waals surface area contributed by atoms with Crippen LogP contribution in [-0.4, -0.2) is 18.2 Å². The zero-order valence-corrected chi connectivity index (χ0v) is 14.9. The van der Waals surface area contributed by atoms with E-state index in [-0.39, 0.29) is 11.4 Å². The number of rotatable bonds is 5. The number of sulfonamides is 1. The first-order valence-corrected chi connectivity index (χ1v) is 9.56. The number of hydrogen-bond donors (Lipinski definition) is 1. The molecule has 0 amide bonds. The van der Waals surface area contributed by atoms with E-state index in [1.54, 1.807) is 48.5 Å². The fourth-order valence-electron chi connectivity index (χ4n) is 2.49. The minimum atomic E-state index is -3.65. The molecular formula is C17H14ClF2N3O2S. The molecule has 3 rings (SSSR count). The Morgan fingerprint density at radius 1 is 1.08 bits per heavy atom. The molecule has 0 spiro atoms. The van der Waals surface area contributed by atoms with Gasteiger partial charge in [-0.15, -0.1) is 0 Å². The monoisotopic (exact) mass is 397 g/mol. The molecule has 136 valence electrons. The maximum atomic E-state index is 13.1. The van der Waals surface area contributed by atoms with Gasteiger partial charge in [-0.05, 0) is 35.9 Å². The summed E-state index contributed by atoms with van der Waals surface area (Å²) in [6, 6.07) is 14.4. The number of aromatic nitrogens is 2. The normalized spacial score (nSPS) is 11.9. The fraction of sp³-hybridized carbons (Fsp3) is 0.118. The van der Waals surface area contributed by atoms with Crippen molar-refractivity contribution < 1.29 is 17.2 Å². The van der Waals surface area contributed by atoms with E-state index >= 15 is 0 Å². The Labute approximate surface area is 154 Å². The number of benzene rings is 2. The quantitative estimate of drug-likeness (QED) is 0.708. The van der Waals surface area contributed by atoms with Gasteiger partial charge >= 0.3 is 0 Å². The summed E-state index contributed by atoms with van der Waals surface area (Å²) in [6.07, 6.45) is -2.72. The largest absolute Gasteiger partial charge is 0.282 e. The first-order valence-electron chi connectivity index (χ1n) is 7.47. The second-order valence-corrected chi connectivity index (χ2v) is 7.70. The van der Waals surface area contributed by atoms with Gasteiger partial charge in [0.15, 0.2) is 0 Å². The Morgan fingerprint density at radius 3 is 2.23 bits per heavy atom. The van der Waals surface area contributed by atoms with Crippen LogP contribution in [0.5, 0.6) is 0 Å². The summed E-state index contributed by atoms with van der Waals surface area (Å²) in [7, 11) is -3.65. The van der Waals surface area contributed by atoms with Gasteiger partial charge < -0.3 is 0 Å². The third-order valence-electron chi connectivity index (χ3n) is 3.64. The highest BCUT2D eigenvalue weighted by atomic mass is 35.5. The predicted octanol–water partition coefficient (Wildman–Crippen LogP) is 3.92. The first kappa shape index (κ1) is 18.5. The SMILES string of the molecule is NS(=O)(=O)Cc1ccc(-n2nc(C(F)F)cc2-c2ccc(Cl)cc2)cc1. The van der Waals surface area contributed by atoms with Crippen molar-refractivity contribution in [1.82, 2.24) is 9.78 Å². The Balaban J connectivity index is 2.04. The van der Waals surface area contributed by atoms with Crippen molar-refractivity contribution in [3.63, 3.8) is 0 Å². The Bertz CT molecular complexity index is 1020. The van der Waals surface area contributed by atoms with Crippen LogP contribution in [-0.2, 0) is 15.8 Å². The van der Waals surface area contributed by atoms with Gasteiger partial charge in [0.05, 0.1) is 17.1 Å². The van der Waals surface area contributed by atoms with Gasteiger partial charge in [0.1, 0.15) is 5.69 Å². The highest BCUT2D eigenvalue weighted by Gasteiger charge is 2.18. The van der Waals surface area contributed by atoms with Crippen molar-refractivity contribution in [2.24, 2.45) is 5.14 Å². The van der Waals surface area contributed by atoms with Gasteiger partial charge in [0.25, 0.3) is 6.43 Å². The minimum absolute atomic E-state index is 0.307. The molecule has 0 atom stereocenters. The van der Waals surface area contributed by atoms with Crippen LogP contribution in [0.2, 0.25) is 5.02 Å². The fourth-order valence-corrected chi connectivity index (χ4v) is 3.28. The van der Waals surface area contributed by atoms with Crippen molar-refractivity contribution in [2.45, 2.75) is 12.2 Å². The summed E-state index contributed by atoms with van der Waals surface area (Å²) >= 11 is 5.88. The molecule has 2 aromatic carbocycles. The molecule has 0 unspecified atom stereocenters. The molecule has 0 radical (unpaired) electrons. The molecular weight excluding hydrogens is 384 g/mol. The lowest BCUT2D eigenvalue weighted by molar-refractivity contribution is 0.145. The third kappa shape index (κ3) is 4.27. The van der Waals surface area contributed by atoms with Crippen LogP contribution in [0.25, 0.3) is 16.9 Å². The van der Waals surface area contributed by atoms with E-state index in [0.29, 0.717) is 27.5 Å². The minimum Gasteiger partial charge on any atom is -0.233 e. The van der Waals surface area contributed by atoms with Crippen LogP contribution in [0.3, 0.4) is 0 Å². The zero-order chi connectivity index (χ0) is 18.9. The van der Waals surface area contributed by atoms with E-state index < -0.39 is 16.4 Å². The van der Waals surface area contributed by atoms with Crippen LogP contribution in [0, 0.1) is 0 Å². The summed E-state index contributed by atoms with van der Waals surface area (Å²) < 4.78 is 50.0. The van der Waals surface area contributed by atoms with Crippen LogP contribution < -0.4 is 5.14 Å². The molecule has 26 heavy (non-hydrogen) atoms. The number of hydrogen-bond acceptors (Lipinski definition) is 3. The molecule has 1 heterocycles. The van der Waals surface area contributed by atoms with E-state index in [1.807, 2.05) is 0 Å². The highest BCUT2D eigenvalue weighted by molar-refractivity contribution is 7.88. The summed E-state index contributed by atoms with van der Waals surface area (Å²) in [5.74, 6) is -0.307. The van der Waals surface area contributed by atoms with Crippen LogP contribution in [0.1, 0.15) is 17.7 Å². The highest BCUT2D eigenvalue weighted by Crippen LogP contribution is 2.29. The van der Waals surface area contributed by atoms with Gasteiger partial charge in [-0.25, -0.2) is 27.0 Å². The smallest absolute Gasteiger partial charge is 0.233 e. The number of nitrogens with zero attached hydrogens (tertiary/aromatic N) is 2. The van der Waals surface area contributed by atoms with E-state index in [1.165, 1.54) is 10.7 Å². The molecule has 0 aliphatic heterocycles. The van der Waals surface area contributed by atoms with Crippen LogP contribution in [0.4, 0.5) is 8.78 Å². The molecule has 5 nitrogen and oxygen atoms in total. The Kier molecular flexibility index (Phi) is 5.08. The Hall–Kier alpha value is -2.29. The summed E-state index contributed by atoms with van der Waals surface area (Å²) in [6.45, 7) is 0. The van der Waals surface area contributed by atoms with Gasteiger partial charge in [0, 0.05) is 10.6 Å². The standard InChI is InChI=1S/C17H14ClF2N3O2S/c18-13-5-3-12(4-6-13)16-9-15(17(19)20)22-23(16)14-7-1-11(2-8-14)10-26(21,24)25/h1-9,17H,10H2,(H2,21,24,25). The maximum absolute atomic E-state index is 13.1. The second kappa shape index (κ2) is 7.14. The second-order valence-electron chi connectivity index (χ2n) is 5.65. The molecule has 3 aromatic rings. The van der Waals surface area contributed by atoms with E-state index in [4.69, 9.17) is 16.7 Å². The van der Waals surface area contributed by atoms with Gasteiger partial charge in [0.2, 0.25) is 10.0 Å². The number of halogens is 3. The zero-order valence-electron chi connectivity index (χ0n) is 13.3. The van der Waals surface area contributed by atoms with Crippen molar-refractivity contribution in [1.29, 1.82) is 0 Å². The molecule has 0 saturated carbocycles. The molecule has 0 fully saturated rings. The average molecular weight is 398 g/mol. The summed E-state index contributed by atoms with van der Waals surface area (Å²) in [5.41, 5.74) is 1.78. The van der Waals surface area contributed by atoms with Gasteiger partial charge in [-0.3, -0.25) is 0 Å². The molecule has 2 N–H and O–H groups in total. The molecule has 0 aliphatic rings. The number of nitrogens with two attached hydrogens (primary N) is 1. The van der Waals surface area contributed by atoms with E-state index in [9.17, 15) is 17.2 Å². The van der Waals surface area contributed by atoms with E-state index in [2.05, 4.69) is 5.10 Å². The maximum Gasteiger partial charge on any atom is 0.282 e. The van der Waals surface area contributed by atoms with Gasteiger partial charge in [-0.1, -0.05) is 35.9 Å². The van der Waals surface area contributed by atoms with Crippen molar-refractivity contribution in [3.8, 4) is 16.9 Å². The lowest BCUT2D eigenvalue weighted by Gasteiger charge is -2.09.